The number of benzene rings is 1. The van der Waals surface area contributed by atoms with E-state index < -0.39 is 18.4 Å². The number of hydrogen-bond acceptors (Lipinski definition) is 3. The van der Waals surface area contributed by atoms with Crippen molar-refractivity contribution in [3.8, 4) is 0 Å². The Labute approximate surface area is 98.6 Å². The zero-order valence-electron chi connectivity index (χ0n) is 9.53. The minimum atomic E-state index is -2.54. The van der Waals surface area contributed by atoms with Crippen LogP contribution in [0.25, 0.3) is 0 Å². The summed E-state index contributed by atoms with van der Waals surface area (Å²) in [5.74, 6) is -0.428. The third-order valence-electron chi connectivity index (χ3n) is 2.28. The zero-order chi connectivity index (χ0) is 12.8. The summed E-state index contributed by atoms with van der Waals surface area (Å²) >= 11 is 0. The number of rotatable bonds is 5. The number of alkyl halides is 2. The van der Waals surface area contributed by atoms with E-state index in [0.717, 1.165) is 0 Å². The summed E-state index contributed by atoms with van der Waals surface area (Å²) in [5, 5.41) is 0. The second-order valence-corrected chi connectivity index (χ2v) is 3.59. The molecule has 0 fully saturated rings. The summed E-state index contributed by atoms with van der Waals surface area (Å²) in [6.07, 6.45) is -2.55. The number of carbonyl (C=O) groups is 1. The van der Waals surface area contributed by atoms with Crippen molar-refractivity contribution in [1.29, 1.82) is 0 Å². The van der Waals surface area contributed by atoms with Crippen LogP contribution in [0.4, 0.5) is 8.78 Å². The lowest BCUT2D eigenvalue weighted by atomic mass is 10.0. The largest absolute Gasteiger partial charge is 0.466 e. The molecule has 0 aromatic heterocycles. The SMILES string of the molecule is CCOC(=O)CC(N)c1cccc(C(F)F)c1. The predicted molar refractivity (Wildman–Crippen MR) is 59.6 cm³/mol. The summed E-state index contributed by atoms with van der Waals surface area (Å²) in [7, 11) is 0. The van der Waals surface area contributed by atoms with E-state index in [4.69, 9.17) is 10.5 Å². The Morgan fingerprint density at radius 2 is 2.06 bits per heavy atom. The van der Waals surface area contributed by atoms with Crippen LogP contribution in [0.1, 0.15) is 36.9 Å². The second kappa shape index (κ2) is 6.30. The normalized spacial score (nSPS) is 12.5. The summed E-state index contributed by atoms with van der Waals surface area (Å²) in [6, 6.07) is 5.14. The van der Waals surface area contributed by atoms with Gasteiger partial charge < -0.3 is 10.5 Å². The molecule has 1 atom stereocenters. The first-order chi connectivity index (χ1) is 8.04. The minimum Gasteiger partial charge on any atom is -0.466 e. The molecular weight excluding hydrogens is 228 g/mol. The van der Waals surface area contributed by atoms with E-state index in [-0.39, 0.29) is 18.6 Å². The van der Waals surface area contributed by atoms with Crippen LogP contribution in [0.5, 0.6) is 0 Å². The molecule has 94 valence electrons. The highest BCUT2D eigenvalue weighted by molar-refractivity contribution is 5.70. The van der Waals surface area contributed by atoms with Gasteiger partial charge in [0.2, 0.25) is 0 Å². The standard InChI is InChI=1S/C12H15F2NO2/c1-2-17-11(16)7-10(15)8-4-3-5-9(6-8)12(13)14/h3-6,10,12H,2,7,15H2,1H3. The van der Waals surface area contributed by atoms with Crippen LogP contribution in [-0.2, 0) is 9.53 Å². The predicted octanol–water partition coefficient (Wildman–Crippen LogP) is 2.58. The summed E-state index contributed by atoms with van der Waals surface area (Å²) in [5.41, 5.74) is 6.16. The average Bonchev–Trinajstić information content (AvgIpc) is 2.29. The second-order valence-electron chi connectivity index (χ2n) is 3.59. The Morgan fingerprint density at radius 3 is 2.65 bits per heavy atom. The molecule has 0 bridgehead atoms. The van der Waals surface area contributed by atoms with Crippen molar-refractivity contribution >= 4 is 5.97 Å². The van der Waals surface area contributed by atoms with Gasteiger partial charge in [0.1, 0.15) is 0 Å². The lowest BCUT2D eigenvalue weighted by Crippen LogP contribution is -2.17. The van der Waals surface area contributed by atoms with Gasteiger partial charge in [0.05, 0.1) is 13.0 Å². The van der Waals surface area contributed by atoms with Crippen LogP contribution < -0.4 is 5.73 Å². The molecule has 1 unspecified atom stereocenters. The summed E-state index contributed by atoms with van der Waals surface area (Å²) in [6.45, 7) is 1.98. The molecule has 0 heterocycles. The topological polar surface area (TPSA) is 52.3 Å². The van der Waals surface area contributed by atoms with Crippen LogP contribution in [0.2, 0.25) is 0 Å². The van der Waals surface area contributed by atoms with Gasteiger partial charge in [0.15, 0.2) is 0 Å². The third kappa shape index (κ3) is 4.11. The molecule has 0 aliphatic carbocycles. The van der Waals surface area contributed by atoms with Crippen molar-refractivity contribution < 1.29 is 18.3 Å². The fraction of sp³-hybridized carbons (Fsp3) is 0.417. The smallest absolute Gasteiger partial charge is 0.307 e. The van der Waals surface area contributed by atoms with E-state index in [1.165, 1.54) is 18.2 Å². The molecule has 5 heteroatoms. The van der Waals surface area contributed by atoms with E-state index in [1.807, 2.05) is 0 Å². The van der Waals surface area contributed by atoms with Crippen molar-refractivity contribution in [2.75, 3.05) is 6.61 Å². The monoisotopic (exact) mass is 243 g/mol. The molecule has 3 nitrogen and oxygen atoms in total. The van der Waals surface area contributed by atoms with Gasteiger partial charge in [-0.1, -0.05) is 18.2 Å². The molecule has 0 amide bonds. The Kier molecular flexibility index (Phi) is 5.03. The van der Waals surface area contributed by atoms with Gasteiger partial charge in [-0.2, -0.15) is 0 Å². The van der Waals surface area contributed by atoms with Crippen LogP contribution in [0.3, 0.4) is 0 Å². The zero-order valence-corrected chi connectivity index (χ0v) is 9.53. The van der Waals surface area contributed by atoms with Crippen LogP contribution >= 0.6 is 0 Å². The van der Waals surface area contributed by atoms with Gasteiger partial charge in [-0.3, -0.25) is 4.79 Å². The Bertz CT molecular complexity index is 383. The number of carbonyl (C=O) groups excluding carboxylic acids is 1. The molecular formula is C12H15F2NO2. The first-order valence-corrected chi connectivity index (χ1v) is 5.33. The third-order valence-corrected chi connectivity index (χ3v) is 2.28. The Hall–Kier alpha value is -1.49. The highest BCUT2D eigenvalue weighted by Gasteiger charge is 2.14. The number of esters is 1. The maximum atomic E-state index is 12.5. The minimum absolute atomic E-state index is 0.0134. The number of halogens is 2. The van der Waals surface area contributed by atoms with Crippen LogP contribution in [0, 0.1) is 0 Å². The molecule has 1 aromatic rings. The lowest BCUT2D eigenvalue weighted by molar-refractivity contribution is -0.143. The highest BCUT2D eigenvalue weighted by Crippen LogP contribution is 2.23. The van der Waals surface area contributed by atoms with Crippen LogP contribution in [-0.4, -0.2) is 12.6 Å². The van der Waals surface area contributed by atoms with Crippen molar-refractivity contribution in [2.24, 2.45) is 5.73 Å². The fourth-order valence-corrected chi connectivity index (χ4v) is 1.44. The van der Waals surface area contributed by atoms with Gasteiger partial charge in [0.25, 0.3) is 6.43 Å². The van der Waals surface area contributed by atoms with Gasteiger partial charge in [0, 0.05) is 11.6 Å². The first kappa shape index (κ1) is 13.6. The molecule has 0 saturated heterocycles. The van der Waals surface area contributed by atoms with E-state index in [0.29, 0.717) is 5.56 Å². The van der Waals surface area contributed by atoms with Gasteiger partial charge >= 0.3 is 5.97 Å². The molecule has 0 radical (unpaired) electrons. The van der Waals surface area contributed by atoms with Crippen LogP contribution in [0.15, 0.2) is 24.3 Å². The maximum absolute atomic E-state index is 12.5. The van der Waals surface area contributed by atoms with Crippen molar-refractivity contribution in [2.45, 2.75) is 25.8 Å². The van der Waals surface area contributed by atoms with E-state index in [9.17, 15) is 13.6 Å². The van der Waals surface area contributed by atoms with Crippen molar-refractivity contribution in [3.05, 3.63) is 35.4 Å². The van der Waals surface area contributed by atoms with Gasteiger partial charge in [-0.05, 0) is 18.6 Å². The molecule has 2 N–H and O–H groups in total. The number of ether oxygens (including phenoxy) is 1. The number of nitrogens with two attached hydrogens (primary N) is 1. The van der Waals surface area contributed by atoms with E-state index in [2.05, 4.69) is 0 Å². The Morgan fingerprint density at radius 1 is 1.41 bits per heavy atom. The average molecular weight is 243 g/mol. The molecule has 1 aromatic carbocycles. The van der Waals surface area contributed by atoms with Crippen molar-refractivity contribution in [1.82, 2.24) is 0 Å². The molecule has 0 aliphatic rings. The Balaban J connectivity index is 2.71. The first-order valence-electron chi connectivity index (χ1n) is 5.33. The molecule has 0 aliphatic heterocycles. The summed E-state index contributed by atoms with van der Waals surface area (Å²) in [4.78, 5) is 11.2. The maximum Gasteiger partial charge on any atom is 0.307 e. The van der Waals surface area contributed by atoms with Gasteiger partial charge in [-0.15, -0.1) is 0 Å². The molecule has 17 heavy (non-hydrogen) atoms. The van der Waals surface area contributed by atoms with E-state index >= 15 is 0 Å². The fourth-order valence-electron chi connectivity index (χ4n) is 1.44. The number of hydrogen-bond donors (Lipinski definition) is 1. The molecule has 1 rings (SSSR count). The highest BCUT2D eigenvalue weighted by atomic mass is 19.3. The van der Waals surface area contributed by atoms with E-state index in [1.54, 1.807) is 13.0 Å². The molecule has 0 saturated carbocycles. The van der Waals surface area contributed by atoms with Crippen molar-refractivity contribution in [3.63, 3.8) is 0 Å². The quantitative estimate of drug-likeness (QED) is 0.809. The summed E-state index contributed by atoms with van der Waals surface area (Å²) < 4.78 is 29.7. The lowest BCUT2D eigenvalue weighted by Gasteiger charge is -2.12. The van der Waals surface area contributed by atoms with Gasteiger partial charge in [-0.25, -0.2) is 8.78 Å². The molecule has 0 spiro atoms.